The number of rotatable bonds is 3. The lowest BCUT2D eigenvalue weighted by molar-refractivity contribution is -0.0899. The molecular weight excluding hydrogens is 304 g/mol. The minimum atomic E-state index is -1.11. The molecule has 0 unspecified atom stereocenters. The molecule has 1 N–H and O–H groups in total. The number of hydrogen-bond donors (Lipinski definition) is 1. The van der Waals surface area contributed by atoms with Crippen molar-refractivity contribution in [3.8, 4) is 5.75 Å². The molecule has 1 aliphatic heterocycles. The lowest BCUT2D eigenvalue weighted by Crippen LogP contribution is -2.58. The van der Waals surface area contributed by atoms with E-state index in [2.05, 4.69) is 4.98 Å². The fraction of sp³-hybridized carbons (Fsp3) is 0.368. The second-order valence-corrected chi connectivity index (χ2v) is 6.48. The summed E-state index contributed by atoms with van der Waals surface area (Å²) in [5, 5.41) is 10.8. The molecule has 3 rings (SSSR count). The highest BCUT2D eigenvalue weighted by Gasteiger charge is 2.41. The summed E-state index contributed by atoms with van der Waals surface area (Å²) in [6.07, 6.45) is 1.81. The predicted molar refractivity (Wildman–Crippen MR) is 91.0 cm³/mol. The minimum absolute atomic E-state index is 0.110. The van der Waals surface area contributed by atoms with Crippen LogP contribution in [-0.2, 0) is 0 Å². The number of aliphatic hydroxyl groups is 1. The van der Waals surface area contributed by atoms with E-state index in [0.29, 0.717) is 18.5 Å². The average molecular weight is 326 g/mol. The van der Waals surface area contributed by atoms with Gasteiger partial charge in [-0.3, -0.25) is 9.78 Å². The molecule has 1 saturated heterocycles. The smallest absolute Gasteiger partial charge is 0.255 e. The monoisotopic (exact) mass is 326 g/mol. The van der Waals surface area contributed by atoms with Crippen LogP contribution in [0.4, 0.5) is 0 Å². The standard InChI is InChI=1S/C19H22N2O3/c1-14-8-9-15(12-20-14)18(22)21-11-10-17(19(2,23)13-21)24-16-6-4-3-5-7-16/h3-9,12,17,23H,10-11,13H2,1-2H3/t17-,19-/m0/s1. The maximum absolute atomic E-state index is 12.6. The number of para-hydroxylation sites is 1. The van der Waals surface area contributed by atoms with Gasteiger partial charge in [0.05, 0.1) is 12.1 Å². The summed E-state index contributed by atoms with van der Waals surface area (Å²) in [4.78, 5) is 18.4. The second kappa shape index (κ2) is 6.61. The van der Waals surface area contributed by atoms with Gasteiger partial charge in [0.25, 0.3) is 5.91 Å². The van der Waals surface area contributed by atoms with Crippen molar-refractivity contribution >= 4 is 5.91 Å². The number of nitrogens with zero attached hydrogens (tertiary/aromatic N) is 2. The molecule has 0 radical (unpaired) electrons. The molecule has 0 aliphatic carbocycles. The van der Waals surface area contributed by atoms with Crippen LogP contribution in [-0.4, -0.2) is 45.7 Å². The van der Waals surface area contributed by atoms with E-state index in [0.717, 1.165) is 11.4 Å². The third-order valence-corrected chi connectivity index (χ3v) is 4.33. The van der Waals surface area contributed by atoms with Gasteiger partial charge in [-0.2, -0.15) is 0 Å². The van der Waals surface area contributed by atoms with E-state index in [1.807, 2.05) is 43.3 Å². The predicted octanol–water partition coefficient (Wildman–Crippen LogP) is 2.43. The Balaban J connectivity index is 1.68. The Bertz CT molecular complexity index is 698. The van der Waals surface area contributed by atoms with E-state index >= 15 is 0 Å². The maximum Gasteiger partial charge on any atom is 0.255 e. The SMILES string of the molecule is Cc1ccc(C(=O)N2CC[C@H](Oc3ccccc3)[C@@](C)(O)C2)cn1. The van der Waals surface area contributed by atoms with Crippen LogP contribution >= 0.6 is 0 Å². The molecule has 1 aromatic heterocycles. The second-order valence-electron chi connectivity index (χ2n) is 6.48. The molecule has 0 saturated carbocycles. The van der Waals surface area contributed by atoms with Gasteiger partial charge in [-0.15, -0.1) is 0 Å². The number of amides is 1. The highest BCUT2D eigenvalue weighted by Crippen LogP contribution is 2.27. The van der Waals surface area contributed by atoms with Crippen molar-refractivity contribution in [3.63, 3.8) is 0 Å². The Hall–Kier alpha value is -2.40. The third kappa shape index (κ3) is 3.57. The Morgan fingerprint density at radius 2 is 2.04 bits per heavy atom. The van der Waals surface area contributed by atoms with Gasteiger partial charge in [-0.1, -0.05) is 18.2 Å². The van der Waals surface area contributed by atoms with Gasteiger partial charge >= 0.3 is 0 Å². The summed E-state index contributed by atoms with van der Waals surface area (Å²) < 4.78 is 5.92. The molecule has 2 heterocycles. The lowest BCUT2D eigenvalue weighted by atomic mass is 9.91. The molecule has 2 atom stereocenters. The number of ether oxygens (including phenoxy) is 1. The molecular formula is C19H22N2O3. The summed E-state index contributed by atoms with van der Waals surface area (Å²) in [7, 11) is 0. The molecule has 1 amide bonds. The van der Waals surface area contributed by atoms with E-state index in [1.165, 1.54) is 0 Å². The van der Waals surface area contributed by atoms with Gasteiger partial charge in [-0.05, 0) is 38.1 Å². The highest BCUT2D eigenvalue weighted by atomic mass is 16.5. The molecule has 1 fully saturated rings. The lowest BCUT2D eigenvalue weighted by Gasteiger charge is -2.42. The average Bonchev–Trinajstić information content (AvgIpc) is 2.57. The van der Waals surface area contributed by atoms with Crippen LogP contribution in [0.3, 0.4) is 0 Å². The number of aromatic nitrogens is 1. The summed E-state index contributed by atoms with van der Waals surface area (Å²) >= 11 is 0. The van der Waals surface area contributed by atoms with Crippen molar-refractivity contribution in [1.29, 1.82) is 0 Å². The highest BCUT2D eigenvalue weighted by molar-refractivity contribution is 5.94. The summed E-state index contributed by atoms with van der Waals surface area (Å²) in [6.45, 7) is 4.37. The quantitative estimate of drug-likeness (QED) is 0.941. The first-order valence-corrected chi connectivity index (χ1v) is 8.12. The van der Waals surface area contributed by atoms with Crippen molar-refractivity contribution in [2.75, 3.05) is 13.1 Å². The minimum Gasteiger partial charge on any atom is -0.487 e. The molecule has 0 spiro atoms. The number of pyridine rings is 1. The van der Waals surface area contributed by atoms with Gasteiger partial charge in [0.15, 0.2) is 0 Å². The number of benzene rings is 1. The molecule has 1 aromatic carbocycles. The summed E-state index contributed by atoms with van der Waals surface area (Å²) in [5.41, 5.74) is 0.300. The normalized spacial score (nSPS) is 23.8. The van der Waals surface area contributed by atoms with E-state index in [9.17, 15) is 9.90 Å². The van der Waals surface area contributed by atoms with Crippen LogP contribution in [0, 0.1) is 6.92 Å². The Kier molecular flexibility index (Phi) is 4.53. The van der Waals surface area contributed by atoms with Crippen LogP contribution < -0.4 is 4.74 Å². The van der Waals surface area contributed by atoms with Crippen molar-refractivity contribution in [2.24, 2.45) is 0 Å². The molecule has 24 heavy (non-hydrogen) atoms. The van der Waals surface area contributed by atoms with E-state index in [4.69, 9.17) is 4.74 Å². The Labute approximate surface area is 141 Å². The fourth-order valence-corrected chi connectivity index (χ4v) is 2.95. The number of aryl methyl sites for hydroxylation is 1. The molecule has 5 nitrogen and oxygen atoms in total. The van der Waals surface area contributed by atoms with E-state index in [1.54, 1.807) is 24.1 Å². The van der Waals surface area contributed by atoms with Crippen LogP contribution in [0.2, 0.25) is 0 Å². The number of carbonyl (C=O) groups is 1. The molecule has 1 aliphatic rings. The van der Waals surface area contributed by atoms with Crippen molar-refractivity contribution in [2.45, 2.75) is 32.0 Å². The maximum atomic E-state index is 12.6. The van der Waals surface area contributed by atoms with E-state index in [-0.39, 0.29) is 18.6 Å². The van der Waals surface area contributed by atoms with Crippen LogP contribution in [0.5, 0.6) is 5.75 Å². The zero-order valence-corrected chi connectivity index (χ0v) is 14.0. The largest absolute Gasteiger partial charge is 0.487 e. The number of carbonyl (C=O) groups excluding carboxylic acids is 1. The van der Waals surface area contributed by atoms with Crippen molar-refractivity contribution in [1.82, 2.24) is 9.88 Å². The molecule has 126 valence electrons. The van der Waals surface area contributed by atoms with Gasteiger partial charge in [-0.25, -0.2) is 0 Å². The van der Waals surface area contributed by atoms with Gasteiger partial charge in [0, 0.05) is 24.9 Å². The zero-order valence-electron chi connectivity index (χ0n) is 14.0. The van der Waals surface area contributed by atoms with Crippen molar-refractivity contribution < 1.29 is 14.6 Å². The van der Waals surface area contributed by atoms with Crippen LogP contribution in [0.25, 0.3) is 0 Å². The van der Waals surface area contributed by atoms with Gasteiger partial charge in [0.1, 0.15) is 17.5 Å². The molecule has 0 bridgehead atoms. The first kappa shape index (κ1) is 16.5. The zero-order chi connectivity index (χ0) is 17.2. The molecule has 2 aromatic rings. The van der Waals surface area contributed by atoms with Crippen LogP contribution in [0.15, 0.2) is 48.7 Å². The number of likely N-dealkylation sites (tertiary alicyclic amines) is 1. The van der Waals surface area contributed by atoms with E-state index < -0.39 is 5.60 Å². The van der Waals surface area contributed by atoms with Crippen LogP contribution in [0.1, 0.15) is 29.4 Å². The number of piperidine rings is 1. The first-order valence-electron chi connectivity index (χ1n) is 8.12. The number of hydrogen-bond acceptors (Lipinski definition) is 4. The molecule has 5 heteroatoms. The summed E-state index contributed by atoms with van der Waals surface area (Å²) in [6, 6.07) is 13.0. The van der Waals surface area contributed by atoms with Gasteiger partial charge in [0.2, 0.25) is 0 Å². The Morgan fingerprint density at radius 1 is 1.29 bits per heavy atom. The summed E-state index contributed by atoms with van der Waals surface area (Å²) in [5.74, 6) is 0.617. The third-order valence-electron chi connectivity index (χ3n) is 4.33. The first-order chi connectivity index (χ1) is 11.5. The topological polar surface area (TPSA) is 62.7 Å². The number of β-amino-alcohol motifs (C(OH)–C–C–N with tert-alkyl or cyclic N) is 1. The fourth-order valence-electron chi connectivity index (χ4n) is 2.95. The Morgan fingerprint density at radius 3 is 2.67 bits per heavy atom. The van der Waals surface area contributed by atoms with Crippen molar-refractivity contribution in [3.05, 3.63) is 59.9 Å². The van der Waals surface area contributed by atoms with Gasteiger partial charge < -0.3 is 14.7 Å².